The predicted molar refractivity (Wildman–Crippen MR) is 87.9 cm³/mol. The van der Waals surface area contributed by atoms with Crippen LogP contribution in [0.3, 0.4) is 0 Å². The highest BCUT2D eigenvalue weighted by molar-refractivity contribution is 5.87. The number of aryl methyl sites for hydroxylation is 1. The lowest BCUT2D eigenvalue weighted by atomic mass is 10.1. The fraction of sp³-hybridized carbons (Fsp3) is 0.444. The third kappa shape index (κ3) is 3.94. The van der Waals surface area contributed by atoms with Crippen LogP contribution in [-0.2, 0) is 11.3 Å². The smallest absolute Gasteiger partial charge is 0.374 e. The molecule has 0 radical (unpaired) electrons. The third-order valence-electron chi connectivity index (χ3n) is 4.22. The number of carbonyl (C=O) groups is 1. The SMILES string of the molecule is COC(=O)c1occc1CN1CCC(Oc2ccc(C)cn2)CC1. The molecule has 3 rings (SSSR count). The fourth-order valence-corrected chi connectivity index (χ4v) is 2.85. The lowest BCUT2D eigenvalue weighted by Gasteiger charge is -2.31. The molecule has 6 heteroatoms. The van der Waals surface area contributed by atoms with Crippen LogP contribution in [-0.4, -0.2) is 42.2 Å². The van der Waals surface area contributed by atoms with E-state index in [-0.39, 0.29) is 6.10 Å². The average molecular weight is 330 g/mol. The normalized spacial score (nSPS) is 16.1. The molecule has 2 aromatic rings. The molecule has 3 heterocycles. The summed E-state index contributed by atoms with van der Waals surface area (Å²) < 4.78 is 15.9. The Morgan fingerprint density at radius 1 is 1.33 bits per heavy atom. The van der Waals surface area contributed by atoms with Gasteiger partial charge in [0.2, 0.25) is 11.6 Å². The van der Waals surface area contributed by atoms with Gasteiger partial charge in [0.05, 0.1) is 13.4 Å². The lowest BCUT2D eigenvalue weighted by molar-refractivity contribution is 0.0558. The van der Waals surface area contributed by atoms with Crippen molar-refractivity contribution in [3.05, 3.63) is 47.5 Å². The maximum Gasteiger partial charge on any atom is 0.374 e. The van der Waals surface area contributed by atoms with Gasteiger partial charge in [0.25, 0.3) is 0 Å². The molecule has 1 aliphatic rings. The summed E-state index contributed by atoms with van der Waals surface area (Å²) in [5.74, 6) is 0.542. The molecule has 6 nitrogen and oxygen atoms in total. The Labute approximate surface area is 141 Å². The summed E-state index contributed by atoms with van der Waals surface area (Å²) >= 11 is 0. The van der Waals surface area contributed by atoms with E-state index in [0.717, 1.165) is 37.1 Å². The molecule has 0 atom stereocenters. The number of likely N-dealkylation sites (tertiary alicyclic amines) is 1. The molecule has 0 saturated carbocycles. The molecule has 0 bridgehead atoms. The Kier molecular flexibility index (Phi) is 5.15. The first-order chi connectivity index (χ1) is 11.7. The molecule has 0 aliphatic carbocycles. The Balaban J connectivity index is 1.51. The molecule has 2 aromatic heterocycles. The highest BCUT2D eigenvalue weighted by Gasteiger charge is 2.23. The van der Waals surface area contributed by atoms with Gasteiger partial charge in [-0.2, -0.15) is 0 Å². The molecule has 1 fully saturated rings. The van der Waals surface area contributed by atoms with Gasteiger partial charge in [-0.05, 0) is 31.4 Å². The van der Waals surface area contributed by atoms with E-state index in [2.05, 4.69) is 9.88 Å². The first-order valence-electron chi connectivity index (χ1n) is 8.12. The molecule has 1 aliphatic heterocycles. The van der Waals surface area contributed by atoms with Crippen molar-refractivity contribution in [1.29, 1.82) is 0 Å². The monoisotopic (exact) mass is 330 g/mol. The summed E-state index contributed by atoms with van der Waals surface area (Å²) in [6.07, 6.45) is 5.39. The summed E-state index contributed by atoms with van der Waals surface area (Å²) in [5.41, 5.74) is 1.99. The van der Waals surface area contributed by atoms with Crippen molar-refractivity contribution in [2.45, 2.75) is 32.4 Å². The van der Waals surface area contributed by atoms with Crippen LogP contribution in [0.4, 0.5) is 0 Å². The van der Waals surface area contributed by atoms with Crippen LogP contribution in [0.5, 0.6) is 5.88 Å². The number of pyridine rings is 1. The molecule has 0 N–H and O–H groups in total. The summed E-state index contributed by atoms with van der Waals surface area (Å²) in [7, 11) is 1.36. The Morgan fingerprint density at radius 2 is 2.12 bits per heavy atom. The maximum atomic E-state index is 11.7. The number of hydrogen-bond acceptors (Lipinski definition) is 6. The van der Waals surface area contributed by atoms with E-state index in [9.17, 15) is 4.79 Å². The largest absolute Gasteiger partial charge is 0.474 e. The zero-order chi connectivity index (χ0) is 16.9. The van der Waals surface area contributed by atoms with Crippen molar-refractivity contribution in [1.82, 2.24) is 9.88 Å². The Bertz CT molecular complexity index is 673. The summed E-state index contributed by atoms with van der Waals surface area (Å²) in [5, 5.41) is 0. The van der Waals surface area contributed by atoms with Crippen molar-refractivity contribution in [2.75, 3.05) is 20.2 Å². The molecule has 0 unspecified atom stereocenters. The van der Waals surface area contributed by atoms with E-state index < -0.39 is 5.97 Å². The number of nitrogens with zero attached hydrogens (tertiary/aromatic N) is 2. The van der Waals surface area contributed by atoms with Crippen LogP contribution in [0.2, 0.25) is 0 Å². The zero-order valence-corrected chi connectivity index (χ0v) is 14.0. The van der Waals surface area contributed by atoms with Gasteiger partial charge in [0.15, 0.2) is 0 Å². The maximum absolute atomic E-state index is 11.7. The predicted octanol–water partition coefficient (Wildman–Crippen LogP) is 2.81. The molecular weight excluding hydrogens is 308 g/mol. The number of piperidine rings is 1. The Morgan fingerprint density at radius 3 is 2.79 bits per heavy atom. The molecule has 0 spiro atoms. The number of esters is 1. The first-order valence-corrected chi connectivity index (χ1v) is 8.12. The van der Waals surface area contributed by atoms with Crippen molar-refractivity contribution in [3.8, 4) is 5.88 Å². The van der Waals surface area contributed by atoms with Gasteiger partial charge in [0.1, 0.15) is 6.10 Å². The van der Waals surface area contributed by atoms with E-state index in [4.69, 9.17) is 13.9 Å². The number of methoxy groups -OCH3 is 1. The van der Waals surface area contributed by atoms with Gasteiger partial charge in [-0.25, -0.2) is 9.78 Å². The highest BCUT2D eigenvalue weighted by atomic mass is 16.5. The Hall–Kier alpha value is -2.34. The molecule has 0 amide bonds. The van der Waals surface area contributed by atoms with E-state index in [1.165, 1.54) is 13.4 Å². The number of furan rings is 1. The van der Waals surface area contributed by atoms with E-state index in [1.807, 2.05) is 31.3 Å². The third-order valence-corrected chi connectivity index (χ3v) is 4.22. The summed E-state index contributed by atoms with van der Waals surface area (Å²) in [6.45, 7) is 4.49. The first kappa shape index (κ1) is 16.5. The van der Waals surface area contributed by atoms with Crippen molar-refractivity contribution >= 4 is 5.97 Å². The van der Waals surface area contributed by atoms with Crippen LogP contribution in [0.25, 0.3) is 0 Å². The molecule has 1 saturated heterocycles. The number of rotatable bonds is 5. The minimum absolute atomic E-state index is 0.181. The number of ether oxygens (including phenoxy) is 2. The van der Waals surface area contributed by atoms with Crippen LogP contribution in [0, 0.1) is 6.92 Å². The van der Waals surface area contributed by atoms with Crippen molar-refractivity contribution in [3.63, 3.8) is 0 Å². The van der Waals surface area contributed by atoms with Crippen LogP contribution < -0.4 is 4.74 Å². The van der Waals surface area contributed by atoms with E-state index in [1.54, 1.807) is 0 Å². The van der Waals surface area contributed by atoms with Gasteiger partial charge in [-0.3, -0.25) is 4.90 Å². The van der Waals surface area contributed by atoms with E-state index in [0.29, 0.717) is 18.2 Å². The molecule has 128 valence electrons. The summed E-state index contributed by atoms with van der Waals surface area (Å²) in [4.78, 5) is 18.2. The van der Waals surface area contributed by atoms with Crippen molar-refractivity contribution < 1.29 is 18.7 Å². The lowest BCUT2D eigenvalue weighted by Crippen LogP contribution is -2.38. The van der Waals surface area contributed by atoms with Gasteiger partial charge < -0.3 is 13.9 Å². The highest BCUT2D eigenvalue weighted by Crippen LogP contribution is 2.21. The number of aromatic nitrogens is 1. The molecule has 24 heavy (non-hydrogen) atoms. The fourth-order valence-electron chi connectivity index (χ4n) is 2.85. The van der Waals surface area contributed by atoms with Gasteiger partial charge >= 0.3 is 5.97 Å². The zero-order valence-electron chi connectivity index (χ0n) is 14.0. The van der Waals surface area contributed by atoms with E-state index >= 15 is 0 Å². The van der Waals surface area contributed by atoms with Crippen molar-refractivity contribution in [2.24, 2.45) is 0 Å². The van der Waals surface area contributed by atoms with Crippen LogP contribution in [0.1, 0.15) is 34.5 Å². The van der Waals surface area contributed by atoms with Crippen LogP contribution in [0.15, 0.2) is 35.1 Å². The number of carbonyl (C=O) groups excluding carboxylic acids is 1. The summed E-state index contributed by atoms with van der Waals surface area (Å²) in [6, 6.07) is 5.74. The minimum atomic E-state index is -0.432. The van der Waals surface area contributed by atoms with Gasteiger partial charge in [-0.1, -0.05) is 6.07 Å². The second kappa shape index (κ2) is 7.49. The average Bonchev–Trinajstić information content (AvgIpc) is 3.06. The van der Waals surface area contributed by atoms with Crippen LogP contribution >= 0.6 is 0 Å². The standard InChI is InChI=1S/C18H22N2O4/c1-13-3-4-16(19-11-13)24-15-5-8-20(9-6-15)12-14-7-10-23-17(14)18(21)22-2/h3-4,7,10-11,15H,5-6,8-9,12H2,1-2H3. The van der Waals surface area contributed by atoms with Gasteiger partial charge in [-0.15, -0.1) is 0 Å². The topological polar surface area (TPSA) is 64.8 Å². The second-order valence-corrected chi connectivity index (χ2v) is 6.03. The molecule has 0 aromatic carbocycles. The molecular formula is C18H22N2O4. The quantitative estimate of drug-likeness (QED) is 0.786. The number of hydrogen-bond donors (Lipinski definition) is 0. The second-order valence-electron chi connectivity index (χ2n) is 6.03. The van der Waals surface area contributed by atoms with Gasteiger partial charge in [0, 0.05) is 37.5 Å². The minimum Gasteiger partial charge on any atom is -0.474 e.